The first-order valence-corrected chi connectivity index (χ1v) is 8.65. The third-order valence-electron chi connectivity index (χ3n) is 4.23. The van der Waals surface area contributed by atoms with Crippen LogP contribution in [-0.4, -0.2) is 37.0 Å². The zero-order chi connectivity index (χ0) is 15.9. The average Bonchev–Trinajstić information content (AvgIpc) is 2.45. The number of nitrogens with zero attached hydrogens (tertiary/aromatic N) is 1. The summed E-state index contributed by atoms with van der Waals surface area (Å²) in [6, 6.07) is 7.51. The van der Waals surface area contributed by atoms with Crippen LogP contribution in [0.5, 0.6) is 0 Å². The zero-order valence-corrected chi connectivity index (χ0v) is 14.4. The van der Waals surface area contributed by atoms with Crippen molar-refractivity contribution in [2.75, 3.05) is 26.2 Å². The number of carbonyl (C=O) groups excluding carboxylic acids is 1. The molecular formula is C18H27ClN2O. The number of piperidine rings is 1. The fourth-order valence-electron chi connectivity index (χ4n) is 3.38. The average molecular weight is 323 g/mol. The number of benzene rings is 1. The molecule has 4 heteroatoms. The Morgan fingerprint density at radius 1 is 1.27 bits per heavy atom. The van der Waals surface area contributed by atoms with E-state index < -0.39 is 0 Å². The van der Waals surface area contributed by atoms with Gasteiger partial charge in [0.1, 0.15) is 0 Å². The van der Waals surface area contributed by atoms with Gasteiger partial charge in [-0.2, -0.15) is 0 Å². The Kier molecular flexibility index (Phi) is 6.71. The molecule has 1 aliphatic heterocycles. The van der Waals surface area contributed by atoms with E-state index in [1.54, 1.807) is 0 Å². The fraction of sp³-hybridized carbons (Fsp3) is 0.611. The molecule has 1 amide bonds. The summed E-state index contributed by atoms with van der Waals surface area (Å²) in [6.45, 7) is 8.85. The van der Waals surface area contributed by atoms with Gasteiger partial charge in [-0.1, -0.05) is 43.6 Å². The van der Waals surface area contributed by atoms with Gasteiger partial charge in [0.05, 0.1) is 6.42 Å². The van der Waals surface area contributed by atoms with Gasteiger partial charge in [-0.25, -0.2) is 0 Å². The van der Waals surface area contributed by atoms with Gasteiger partial charge >= 0.3 is 0 Å². The SMILES string of the molecule is C[C@@H]1C[C@@H](C)CN(CCCNC(=O)Cc2ccccc2Cl)C1. The van der Waals surface area contributed by atoms with Gasteiger partial charge in [0, 0.05) is 24.7 Å². The molecule has 3 nitrogen and oxygen atoms in total. The second-order valence-corrected chi connectivity index (χ2v) is 7.08. The topological polar surface area (TPSA) is 32.3 Å². The Morgan fingerprint density at radius 2 is 1.95 bits per heavy atom. The summed E-state index contributed by atoms with van der Waals surface area (Å²) in [6.07, 6.45) is 2.70. The van der Waals surface area contributed by atoms with Crippen LogP contribution in [0.1, 0.15) is 32.3 Å². The van der Waals surface area contributed by atoms with E-state index in [-0.39, 0.29) is 5.91 Å². The third kappa shape index (κ3) is 5.62. The van der Waals surface area contributed by atoms with E-state index in [4.69, 9.17) is 11.6 Å². The number of carbonyl (C=O) groups is 1. The maximum absolute atomic E-state index is 11.9. The van der Waals surface area contributed by atoms with Crippen LogP contribution in [0.3, 0.4) is 0 Å². The molecule has 1 aromatic carbocycles. The number of halogens is 1. The van der Waals surface area contributed by atoms with E-state index in [9.17, 15) is 4.79 Å². The summed E-state index contributed by atoms with van der Waals surface area (Å²) in [5.41, 5.74) is 0.889. The molecule has 2 rings (SSSR count). The first kappa shape index (κ1) is 17.3. The predicted molar refractivity (Wildman–Crippen MR) is 92.2 cm³/mol. The van der Waals surface area contributed by atoms with Gasteiger partial charge in [-0.3, -0.25) is 4.79 Å². The van der Waals surface area contributed by atoms with Crippen LogP contribution in [0, 0.1) is 11.8 Å². The van der Waals surface area contributed by atoms with Crippen molar-refractivity contribution in [1.29, 1.82) is 0 Å². The number of hydrogen-bond acceptors (Lipinski definition) is 2. The number of amides is 1. The highest BCUT2D eigenvalue weighted by molar-refractivity contribution is 6.31. The molecule has 1 aliphatic rings. The van der Waals surface area contributed by atoms with E-state index in [1.807, 2.05) is 24.3 Å². The normalized spacial score (nSPS) is 22.5. The Morgan fingerprint density at radius 3 is 2.64 bits per heavy atom. The van der Waals surface area contributed by atoms with Crippen LogP contribution in [0.15, 0.2) is 24.3 Å². The Balaban J connectivity index is 1.64. The van der Waals surface area contributed by atoms with Crippen LogP contribution >= 0.6 is 11.6 Å². The predicted octanol–water partition coefficient (Wildman–Crippen LogP) is 3.37. The van der Waals surface area contributed by atoms with E-state index in [0.29, 0.717) is 11.4 Å². The molecule has 0 unspecified atom stereocenters. The van der Waals surface area contributed by atoms with Crippen molar-refractivity contribution in [3.05, 3.63) is 34.9 Å². The lowest BCUT2D eigenvalue weighted by atomic mass is 9.92. The van der Waals surface area contributed by atoms with Gasteiger partial charge in [0.2, 0.25) is 5.91 Å². The van der Waals surface area contributed by atoms with E-state index >= 15 is 0 Å². The molecular weight excluding hydrogens is 296 g/mol. The molecule has 122 valence electrons. The van der Waals surface area contributed by atoms with Crippen LogP contribution in [-0.2, 0) is 11.2 Å². The zero-order valence-electron chi connectivity index (χ0n) is 13.6. The number of hydrogen-bond donors (Lipinski definition) is 1. The van der Waals surface area contributed by atoms with Crippen molar-refractivity contribution < 1.29 is 4.79 Å². The van der Waals surface area contributed by atoms with Crippen molar-refractivity contribution in [2.45, 2.75) is 33.1 Å². The van der Waals surface area contributed by atoms with Crippen LogP contribution in [0.2, 0.25) is 5.02 Å². The van der Waals surface area contributed by atoms with Crippen molar-refractivity contribution >= 4 is 17.5 Å². The summed E-state index contributed by atoms with van der Waals surface area (Å²) in [7, 11) is 0. The molecule has 0 aliphatic carbocycles. The largest absolute Gasteiger partial charge is 0.356 e. The Labute approximate surface area is 139 Å². The summed E-state index contributed by atoms with van der Waals surface area (Å²) in [4.78, 5) is 14.5. The first-order chi connectivity index (χ1) is 10.5. The van der Waals surface area contributed by atoms with Crippen molar-refractivity contribution in [3.8, 4) is 0 Å². The summed E-state index contributed by atoms with van der Waals surface area (Å²) in [5.74, 6) is 1.63. The Bertz CT molecular complexity index is 482. The molecule has 0 radical (unpaired) electrons. The number of rotatable bonds is 6. The number of nitrogens with one attached hydrogen (secondary N) is 1. The second-order valence-electron chi connectivity index (χ2n) is 6.68. The maximum Gasteiger partial charge on any atom is 0.224 e. The van der Waals surface area contributed by atoms with E-state index in [1.165, 1.54) is 19.5 Å². The molecule has 1 N–H and O–H groups in total. The Hall–Kier alpha value is -1.06. The molecule has 0 saturated carbocycles. The molecule has 0 bridgehead atoms. The van der Waals surface area contributed by atoms with Crippen molar-refractivity contribution in [3.63, 3.8) is 0 Å². The third-order valence-corrected chi connectivity index (χ3v) is 4.60. The van der Waals surface area contributed by atoms with Gasteiger partial charge in [-0.05, 0) is 42.9 Å². The fourth-order valence-corrected chi connectivity index (χ4v) is 3.58. The standard InChI is InChI=1S/C18H27ClN2O/c1-14-10-15(2)13-21(12-14)9-5-8-20-18(22)11-16-6-3-4-7-17(16)19/h3-4,6-7,14-15H,5,8-13H2,1-2H3,(H,20,22)/t14-,15-/m1/s1. The van der Waals surface area contributed by atoms with Gasteiger partial charge in [0.15, 0.2) is 0 Å². The minimum Gasteiger partial charge on any atom is -0.356 e. The molecule has 1 aromatic rings. The van der Waals surface area contributed by atoms with Crippen molar-refractivity contribution in [2.24, 2.45) is 11.8 Å². The van der Waals surface area contributed by atoms with Gasteiger partial charge in [-0.15, -0.1) is 0 Å². The lowest BCUT2D eigenvalue weighted by molar-refractivity contribution is -0.120. The van der Waals surface area contributed by atoms with E-state index in [2.05, 4.69) is 24.1 Å². The molecule has 22 heavy (non-hydrogen) atoms. The van der Waals surface area contributed by atoms with E-state index in [0.717, 1.165) is 36.9 Å². The molecule has 1 saturated heterocycles. The molecule has 1 fully saturated rings. The second kappa shape index (κ2) is 8.54. The summed E-state index contributed by atoms with van der Waals surface area (Å²) in [5, 5.41) is 3.66. The molecule has 1 heterocycles. The minimum atomic E-state index is 0.0495. The number of likely N-dealkylation sites (tertiary alicyclic amines) is 1. The minimum absolute atomic E-state index is 0.0495. The van der Waals surface area contributed by atoms with Gasteiger partial charge in [0.25, 0.3) is 0 Å². The highest BCUT2D eigenvalue weighted by Crippen LogP contribution is 2.20. The summed E-state index contributed by atoms with van der Waals surface area (Å²) >= 11 is 6.07. The van der Waals surface area contributed by atoms with Crippen molar-refractivity contribution in [1.82, 2.24) is 10.2 Å². The molecule has 0 spiro atoms. The monoisotopic (exact) mass is 322 g/mol. The van der Waals surface area contributed by atoms with Crippen LogP contribution in [0.4, 0.5) is 0 Å². The lowest BCUT2D eigenvalue weighted by Gasteiger charge is -2.34. The summed E-state index contributed by atoms with van der Waals surface area (Å²) < 4.78 is 0. The maximum atomic E-state index is 11.9. The van der Waals surface area contributed by atoms with Crippen LogP contribution < -0.4 is 5.32 Å². The highest BCUT2D eigenvalue weighted by atomic mass is 35.5. The molecule has 0 aromatic heterocycles. The quantitative estimate of drug-likeness (QED) is 0.814. The smallest absolute Gasteiger partial charge is 0.224 e. The lowest BCUT2D eigenvalue weighted by Crippen LogP contribution is -2.40. The molecule has 2 atom stereocenters. The highest BCUT2D eigenvalue weighted by Gasteiger charge is 2.21. The first-order valence-electron chi connectivity index (χ1n) is 8.27. The van der Waals surface area contributed by atoms with Crippen LogP contribution in [0.25, 0.3) is 0 Å². The van der Waals surface area contributed by atoms with Gasteiger partial charge < -0.3 is 10.2 Å².